The zero-order valence-corrected chi connectivity index (χ0v) is 25.8. The molecule has 4 fully saturated rings. The van der Waals surface area contributed by atoms with Crippen molar-refractivity contribution in [2.45, 2.75) is 94.8 Å². The van der Waals surface area contributed by atoms with Crippen LogP contribution in [0.3, 0.4) is 0 Å². The van der Waals surface area contributed by atoms with Crippen molar-refractivity contribution in [2.75, 3.05) is 19.8 Å². The van der Waals surface area contributed by atoms with Gasteiger partial charge >= 0.3 is 6.18 Å². The van der Waals surface area contributed by atoms with Crippen LogP contribution in [-0.4, -0.2) is 75.0 Å². The van der Waals surface area contributed by atoms with Crippen molar-refractivity contribution in [2.24, 2.45) is 28.3 Å². The van der Waals surface area contributed by atoms with Crippen LogP contribution in [0.4, 0.5) is 22.0 Å². The number of aromatic nitrogens is 4. The molecule has 1 spiro atoms. The lowest BCUT2D eigenvalue weighted by molar-refractivity contribution is -0.210. The lowest BCUT2D eigenvalue weighted by Gasteiger charge is -2.58. The molecule has 3 aliphatic heterocycles. The Hall–Kier alpha value is -3.47. The molecule has 0 radical (unpaired) electrons. The minimum atomic E-state index is -4.44. The Kier molecular flexibility index (Phi) is 8.12. The van der Waals surface area contributed by atoms with Crippen LogP contribution in [0.5, 0.6) is 0 Å². The van der Waals surface area contributed by atoms with Gasteiger partial charge in [-0.2, -0.15) is 18.3 Å². The molecule has 5 heterocycles. The van der Waals surface area contributed by atoms with Crippen molar-refractivity contribution in [1.29, 1.82) is 0 Å². The summed E-state index contributed by atoms with van der Waals surface area (Å²) in [5, 5.41) is 14.0. The van der Waals surface area contributed by atoms with Gasteiger partial charge in [-0.15, -0.1) is 5.48 Å². The van der Waals surface area contributed by atoms with Crippen LogP contribution < -0.4 is 16.1 Å². The zero-order valence-electron chi connectivity index (χ0n) is 25.8. The predicted octanol–water partition coefficient (Wildman–Crippen LogP) is 3.53. The van der Waals surface area contributed by atoms with E-state index in [1.165, 1.54) is 4.52 Å². The quantitative estimate of drug-likeness (QED) is 0.363. The molecule has 2 amide bonds. The minimum Gasteiger partial charge on any atom is -0.381 e. The van der Waals surface area contributed by atoms with E-state index in [-0.39, 0.29) is 49.0 Å². The number of hydrogen-bond acceptors (Lipinski definition) is 9. The Bertz CT molecular complexity index is 1560. The molecule has 7 rings (SSSR count). The number of hydrogen-bond donors (Lipinski definition) is 3. The highest BCUT2D eigenvalue weighted by molar-refractivity contribution is 6.41. The molecule has 2 saturated carbocycles. The molecule has 4 unspecified atom stereocenters. The van der Waals surface area contributed by atoms with Crippen molar-refractivity contribution in [3.8, 4) is 0 Å². The number of nitrogens with one attached hydrogen (secondary N) is 3. The number of alkyl halides is 5. The molecular formula is C30H37F5N8O4. The highest BCUT2D eigenvalue weighted by Gasteiger charge is 2.63. The predicted molar refractivity (Wildman–Crippen MR) is 154 cm³/mol. The maximum absolute atomic E-state index is 13.8. The molecule has 12 nitrogen and oxygen atoms in total. The van der Waals surface area contributed by atoms with Gasteiger partial charge in [0.15, 0.2) is 5.71 Å². The number of nitrogens with zero attached hydrogens (tertiary/aromatic N) is 5. The van der Waals surface area contributed by atoms with Gasteiger partial charge in [-0.3, -0.25) is 14.5 Å². The van der Waals surface area contributed by atoms with Crippen molar-refractivity contribution < 1.29 is 41.2 Å². The number of imidazole rings is 1. The maximum Gasteiger partial charge on any atom is 0.393 e. The number of rotatable bonds is 8. The zero-order chi connectivity index (χ0) is 33.1. The molecule has 2 aromatic heterocycles. The lowest BCUT2D eigenvalue weighted by Crippen LogP contribution is -2.56. The molecule has 17 heteroatoms. The fourth-order valence-corrected chi connectivity index (χ4v) is 8.04. The van der Waals surface area contributed by atoms with Gasteiger partial charge in [0.05, 0.1) is 41.3 Å². The van der Waals surface area contributed by atoms with E-state index >= 15 is 0 Å². The molecule has 2 saturated heterocycles. The molecule has 2 aliphatic carbocycles. The smallest absolute Gasteiger partial charge is 0.381 e. The van der Waals surface area contributed by atoms with Crippen LogP contribution in [0.15, 0.2) is 11.4 Å². The first kappa shape index (κ1) is 32.1. The van der Waals surface area contributed by atoms with E-state index in [1.807, 2.05) is 6.92 Å². The van der Waals surface area contributed by atoms with Crippen molar-refractivity contribution >= 4 is 23.3 Å². The van der Waals surface area contributed by atoms with Crippen LogP contribution in [0.2, 0.25) is 0 Å². The standard InChI is InChI=1S/C30H37F5N8O4/c1-2-19-24(42-47-41-19)26(45)38-23(17-9-28(10-17)13-29(31,32)14-28)21-12-43-27(37-21)39-22(15-3-5-46-6-4-15)20(40-43)8-16-7-18(30(33,34)35)11-36-25(16)44/h12,15-19,23,41H,2-11,13-14H2,1H3,(H,36,44)(H,38,45). The average Bonchev–Trinajstić information content (AvgIpc) is 3.65. The third-order valence-electron chi connectivity index (χ3n) is 10.5. The summed E-state index contributed by atoms with van der Waals surface area (Å²) < 4.78 is 75.3. The summed E-state index contributed by atoms with van der Waals surface area (Å²) >= 11 is 0. The summed E-state index contributed by atoms with van der Waals surface area (Å²) in [5.41, 5.74) is 3.76. The number of carbonyl (C=O) groups is 2. The van der Waals surface area contributed by atoms with E-state index in [0.29, 0.717) is 62.4 Å². The third kappa shape index (κ3) is 6.27. The number of fused-ring (bicyclic) bond motifs is 1. The Morgan fingerprint density at radius 1 is 1.19 bits per heavy atom. The lowest BCUT2D eigenvalue weighted by atomic mass is 9.49. The summed E-state index contributed by atoms with van der Waals surface area (Å²) in [7, 11) is 0. The van der Waals surface area contributed by atoms with Crippen LogP contribution in [0, 0.1) is 23.2 Å². The number of amides is 2. The molecular weight excluding hydrogens is 631 g/mol. The van der Waals surface area contributed by atoms with Gasteiger partial charge in [0.1, 0.15) is 0 Å². The minimum absolute atomic E-state index is 0.0354. The van der Waals surface area contributed by atoms with E-state index in [2.05, 4.69) is 21.3 Å². The van der Waals surface area contributed by atoms with Crippen LogP contribution in [0.1, 0.15) is 87.3 Å². The van der Waals surface area contributed by atoms with Crippen molar-refractivity contribution in [3.05, 3.63) is 23.3 Å². The first-order chi connectivity index (χ1) is 22.3. The van der Waals surface area contributed by atoms with Gasteiger partial charge in [0, 0.05) is 50.9 Å². The second-order valence-corrected chi connectivity index (χ2v) is 13.8. The summed E-state index contributed by atoms with van der Waals surface area (Å²) in [6.07, 6.45) is -0.841. The number of carbonyl (C=O) groups excluding carboxylic acids is 2. The van der Waals surface area contributed by atoms with Crippen LogP contribution in [0.25, 0.3) is 5.78 Å². The largest absolute Gasteiger partial charge is 0.393 e. The maximum atomic E-state index is 13.8. The number of halogens is 5. The number of hydroxylamine groups is 1. The topological polar surface area (TPSA) is 144 Å². The summed E-state index contributed by atoms with van der Waals surface area (Å²) in [5.74, 6) is -6.27. The first-order valence-corrected chi connectivity index (χ1v) is 16.2. The molecule has 0 bridgehead atoms. The van der Waals surface area contributed by atoms with E-state index in [1.54, 1.807) is 6.20 Å². The summed E-state index contributed by atoms with van der Waals surface area (Å²) in [6.45, 7) is 2.37. The SMILES string of the molecule is CCC1NON=C1C(=O)NC(c1cn2nc(CC3CC(C(F)(F)F)CNC3=O)c(C3CCOCC3)nc2n1)C1CC2(C1)CC(F)(F)C2. The monoisotopic (exact) mass is 668 g/mol. The summed E-state index contributed by atoms with van der Waals surface area (Å²) in [4.78, 5) is 40.6. The Morgan fingerprint density at radius 2 is 1.94 bits per heavy atom. The molecule has 5 aliphatic rings. The van der Waals surface area contributed by atoms with Crippen molar-refractivity contribution in [1.82, 2.24) is 35.7 Å². The van der Waals surface area contributed by atoms with Gasteiger partial charge in [-0.1, -0.05) is 12.1 Å². The van der Waals surface area contributed by atoms with E-state index in [0.717, 1.165) is 0 Å². The van der Waals surface area contributed by atoms with Gasteiger partial charge in [0.2, 0.25) is 11.8 Å². The molecule has 47 heavy (non-hydrogen) atoms. The average molecular weight is 669 g/mol. The summed E-state index contributed by atoms with van der Waals surface area (Å²) in [6, 6.07) is -1.09. The molecule has 4 atom stereocenters. The Morgan fingerprint density at radius 3 is 2.62 bits per heavy atom. The molecule has 3 N–H and O–H groups in total. The molecule has 0 aromatic carbocycles. The normalized spacial score (nSPS) is 28.3. The van der Waals surface area contributed by atoms with Gasteiger partial charge in [0.25, 0.3) is 11.7 Å². The fourth-order valence-electron chi connectivity index (χ4n) is 8.04. The molecule has 2 aromatic rings. The van der Waals surface area contributed by atoms with E-state index < -0.39 is 59.8 Å². The first-order valence-electron chi connectivity index (χ1n) is 16.2. The highest BCUT2D eigenvalue weighted by Crippen LogP contribution is 2.66. The third-order valence-corrected chi connectivity index (χ3v) is 10.5. The van der Waals surface area contributed by atoms with Crippen molar-refractivity contribution in [3.63, 3.8) is 0 Å². The number of ether oxygens (including phenoxy) is 1. The fraction of sp³-hybridized carbons (Fsp3) is 0.733. The van der Waals surface area contributed by atoms with E-state index in [9.17, 15) is 31.5 Å². The Balaban J connectivity index is 1.21. The number of oxime groups is 1. The van der Waals surface area contributed by atoms with Crippen LogP contribution in [-0.2, 0) is 25.7 Å². The second kappa shape index (κ2) is 11.9. The molecule has 256 valence electrons. The van der Waals surface area contributed by atoms with Gasteiger partial charge < -0.3 is 15.4 Å². The second-order valence-electron chi connectivity index (χ2n) is 13.8. The van der Waals surface area contributed by atoms with Gasteiger partial charge in [-0.05, 0) is 49.9 Å². The Labute approximate surface area is 266 Å². The van der Waals surface area contributed by atoms with Crippen LogP contribution >= 0.6 is 0 Å². The highest BCUT2D eigenvalue weighted by atomic mass is 19.4. The van der Waals surface area contributed by atoms with Gasteiger partial charge in [-0.25, -0.2) is 23.3 Å². The number of piperidine rings is 1. The van der Waals surface area contributed by atoms with E-state index in [4.69, 9.17) is 24.7 Å².